The molecular weight excluding hydrogens is 1940 g/mol. The number of urea groups is 3. The number of carboxylic acid groups (broad SMARTS) is 1. The van der Waals surface area contributed by atoms with Gasteiger partial charge >= 0.3 is 66.3 Å². The molecule has 16 rings (SSSR count). The lowest BCUT2D eigenvalue weighted by molar-refractivity contribution is -0.148. The molecule has 15 amide bonds. The van der Waals surface area contributed by atoms with Crippen LogP contribution in [-0.2, 0) is 128 Å². The number of aliphatic hydroxyl groups is 3. The Bertz CT molecular complexity index is 5400. The fourth-order valence-corrected chi connectivity index (χ4v) is 20.5. The molecule has 0 spiro atoms. The van der Waals surface area contributed by atoms with Gasteiger partial charge in [-0.3, -0.25) is 28.8 Å². The minimum absolute atomic E-state index is 0.00846. The second-order valence-electron chi connectivity index (χ2n) is 42.0. The van der Waals surface area contributed by atoms with Crippen molar-refractivity contribution in [1.29, 1.82) is 0 Å². The van der Waals surface area contributed by atoms with E-state index in [4.69, 9.17) is 33.2 Å². The summed E-state index contributed by atoms with van der Waals surface area (Å²) >= 11 is 0. The van der Waals surface area contributed by atoms with E-state index in [-0.39, 0.29) is 87.1 Å². The Hall–Kier alpha value is -13.2. The quantitative estimate of drug-likeness (QED) is 0.0188. The molecule has 4 saturated carbocycles. The van der Waals surface area contributed by atoms with Crippen LogP contribution in [0.2, 0.25) is 0 Å². The lowest BCUT2D eigenvalue weighted by Gasteiger charge is -2.35. The van der Waals surface area contributed by atoms with Crippen LogP contribution in [0.25, 0.3) is 0 Å². The van der Waals surface area contributed by atoms with Gasteiger partial charge in [0.25, 0.3) is 17.7 Å². The summed E-state index contributed by atoms with van der Waals surface area (Å²) in [5.74, 6) is -5.67. The third-order valence-corrected chi connectivity index (χ3v) is 29.6. The SMILES string of the molecule is CCCC(NC(=O)N1C[C@@H](OC(=O)N2CCc3ccccc3C2)C[C@H]1C(=O)N[C@H](C(=O)N[C@H](C(=O)OC)C1CCCCC1)C(C)(C)C)C(O)C(=O)NC1CC1.CCCC(NC(=O)N1C[C@@H](OC(=O)N2CCc3ccccc3C2)C[C@H]1C(=O)O)C(O)C(=O)NC1CC1.CCCC(NC(=O)N1C[C@@H](OC(=O)N2CCc3ccccc3C2)C[C@H]1C(=O)OC)C(O)C(=O)NC1CC1.COC(=O)[C@@H]1C[C@H](OC(=O)N2CCc3ccccc3C2)CN1. The molecule has 8 heterocycles. The molecule has 8 aliphatic heterocycles. The van der Waals surface area contributed by atoms with Crippen LogP contribution in [0.5, 0.6) is 0 Å². The number of carbonyl (C=O) groups is 16. The molecule has 820 valence electrons. The van der Waals surface area contributed by atoms with E-state index in [1.54, 1.807) is 40.4 Å². The van der Waals surface area contributed by atoms with Gasteiger partial charge in [0, 0.05) is 103 Å². The van der Waals surface area contributed by atoms with Crippen LogP contribution >= 0.6 is 0 Å². The van der Waals surface area contributed by atoms with Gasteiger partial charge in [-0.25, -0.2) is 47.9 Å². The summed E-state index contributed by atoms with van der Waals surface area (Å²) in [5, 5.41) is 66.8. The summed E-state index contributed by atoms with van der Waals surface area (Å²) in [7, 11) is 3.87. The number of esters is 3. The van der Waals surface area contributed by atoms with Crippen molar-refractivity contribution in [2.75, 3.05) is 73.7 Å². The molecule has 43 nitrogen and oxygen atoms in total. The lowest BCUT2D eigenvalue weighted by Crippen LogP contribution is -2.61. The topological polar surface area (TPSA) is 550 Å². The van der Waals surface area contributed by atoms with Crippen molar-refractivity contribution in [3.05, 3.63) is 142 Å². The minimum Gasteiger partial charge on any atom is -0.480 e. The average molecular weight is 2090 g/mol. The Morgan fingerprint density at radius 1 is 0.387 bits per heavy atom. The van der Waals surface area contributed by atoms with E-state index in [9.17, 15) is 97.1 Å². The number of hydrogen-bond acceptors (Lipinski definition) is 27. The number of benzene rings is 4. The Morgan fingerprint density at radius 3 is 1.04 bits per heavy atom. The number of carbonyl (C=O) groups excluding carboxylic acids is 15. The normalized spacial score (nSPS) is 22.7. The van der Waals surface area contributed by atoms with Crippen LogP contribution in [0.3, 0.4) is 0 Å². The van der Waals surface area contributed by atoms with E-state index in [1.807, 2.05) is 112 Å². The number of rotatable bonds is 31. The molecule has 16 atom stereocenters. The number of methoxy groups -OCH3 is 3. The maximum atomic E-state index is 14.3. The van der Waals surface area contributed by atoms with Crippen molar-refractivity contribution >= 4 is 95.9 Å². The molecule has 0 aromatic heterocycles. The molecule has 6 unspecified atom stereocenters. The summed E-state index contributed by atoms with van der Waals surface area (Å²) in [6.45, 7) is 15.1. The van der Waals surface area contributed by atoms with Crippen LogP contribution < -0.4 is 47.9 Å². The number of amides is 15. The van der Waals surface area contributed by atoms with Crippen LogP contribution in [0.1, 0.15) is 221 Å². The van der Waals surface area contributed by atoms with Crippen LogP contribution in [0, 0.1) is 11.3 Å². The first-order valence-electron chi connectivity index (χ1n) is 53.0. The van der Waals surface area contributed by atoms with E-state index >= 15 is 0 Å². The number of likely N-dealkylation sites (tertiary alicyclic amines) is 3. The highest BCUT2D eigenvalue weighted by Gasteiger charge is 2.51. The zero-order chi connectivity index (χ0) is 108. The first-order chi connectivity index (χ1) is 71.9. The van der Waals surface area contributed by atoms with Crippen molar-refractivity contribution in [2.45, 2.75) is 343 Å². The number of hydrogen-bond donors (Lipinski definition) is 13. The second-order valence-corrected chi connectivity index (χ2v) is 42.0. The largest absolute Gasteiger partial charge is 0.480 e. The summed E-state index contributed by atoms with van der Waals surface area (Å²) in [5.41, 5.74) is 8.32. The molecule has 0 radical (unpaired) electrons. The zero-order valence-corrected chi connectivity index (χ0v) is 87.3. The predicted octanol–water partition coefficient (Wildman–Crippen LogP) is 6.54. The Kier molecular flexibility index (Phi) is 40.7. The molecule has 150 heavy (non-hydrogen) atoms. The van der Waals surface area contributed by atoms with Crippen molar-refractivity contribution in [2.24, 2.45) is 11.3 Å². The number of carboxylic acids is 1. The standard InChI is InChI=1S/C40H60N6O9.C26H36N4O7.C25H34N4O7.C16H20N2O4/c1-6-12-29(32(47)35(49)41-27-17-18-27)42-38(52)46-23-28(55-39(53)45-20-19-24-13-10-11-16-26(24)22-45)21-30(46)34(48)44-33(40(2,3)4)36(50)43-31(37(51)54-5)25-14-8-7-9-15-25;1-3-6-20(22(31)23(32)27-18-9-10-18)28-25(34)30-15-19(13-21(30)24(33)36-2)37-26(35)29-12-11-16-7-4-5-8-17(16)14-29;1-2-5-19(21(30)22(31)26-17-8-9-17)27-24(34)29-14-18(12-20(29)23(32)33)36-25(35)28-11-10-15-6-3-4-7-16(15)13-28;1-21-15(19)14-8-13(9-17-14)22-16(20)18-7-6-11-4-2-3-5-12(11)10-18/h10-11,13,16,25,27-33,47H,6-9,12,14-15,17-23H2,1-5H3,(H,41,49)(H,42,52)(H,43,50)(H,44,48);4-5,7-8,18-22,31H,3,6,9-15H2,1-2H3,(H,27,32)(H,28,34);3-4,6-7,17-21,30H,2,5,8-14H2,1H3,(H,26,31)(H,27,34)(H,32,33);2-5,13-14,17H,6-10H2,1H3/t28-,29?,30-,31-,32?,33+;19-,20?,21-,22?;18-,19?,20-,21?;13-,14-/m0000/s1. The molecule has 4 aromatic rings. The Balaban J connectivity index is 0.000000174. The van der Waals surface area contributed by atoms with E-state index in [0.717, 1.165) is 111 Å². The Morgan fingerprint density at radius 2 is 0.713 bits per heavy atom. The van der Waals surface area contributed by atoms with Gasteiger partial charge in [0.2, 0.25) is 11.8 Å². The van der Waals surface area contributed by atoms with E-state index in [2.05, 4.69) is 53.9 Å². The van der Waals surface area contributed by atoms with Crippen molar-refractivity contribution in [3.8, 4) is 0 Å². The first kappa shape index (κ1) is 114. The average Bonchev–Trinajstić information content (AvgIpc) is 1.64. The predicted molar refractivity (Wildman–Crippen MR) is 542 cm³/mol. The molecule has 0 bridgehead atoms. The highest BCUT2D eigenvalue weighted by molar-refractivity contribution is 5.95. The van der Waals surface area contributed by atoms with Crippen LogP contribution in [0.15, 0.2) is 97.1 Å². The number of nitrogens with zero attached hydrogens (tertiary/aromatic N) is 7. The van der Waals surface area contributed by atoms with Crippen LogP contribution in [-0.4, -0.2) is 340 Å². The third kappa shape index (κ3) is 31.3. The number of fused-ring (bicyclic) bond motifs is 4. The number of aliphatic carboxylic acids is 1. The van der Waals surface area contributed by atoms with Crippen molar-refractivity contribution in [3.63, 3.8) is 0 Å². The molecule has 4 aliphatic carbocycles. The monoisotopic (exact) mass is 2090 g/mol. The van der Waals surface area contributed by atoms with Gasteiger partial charge in [-0.05, 0) is 152 Å². The van der Waals surface area contributed by atoms with Gasteiger partial charge in [0.1, 0.15) is 60.7 Å². The second kappa shape index (κ2) is 53.5. The number of aliphatic hydroxyl groups excluding tert-OH is 3. The molecule has 43 heteroatoms. The molecule has 8 fully saturated rings. The molecular formula is C107H150N16O27. The third-order valence-electron chi connectivity index (χ3n) is 29.6. The molecule has 12 aliphatic rings. The molecule has 4 saturated heterocycles. The van der Waals surface area contributed by atoms with Gasteiger partial charge in [0.05, 0.1) is 59.1 Å². The highest BCUT2D eigenvalue weighted by Crippen LogP contribution is 2.35. The van der Waals surface area contributed by atoms with Crippen molar-refractivity contribution in [1.82, 2.24) is 82.2 Å². The van der Waals surface area contributed by atoms with E-state index < -0.39 is 174 Å². The number of nitrogens with one attached hydrogen (secondary N) is 9. The molecule has 13 N–H and O–H groups in total. The zero-order valence-electron chi connectivity index (χ0n) is 87.3. The maximum Gasteiger partial charge on any atom is 0.410 e. The van der Waals surface area contributed by atoms with Gasteiger partial charge in [-0.15, -0.1) is 0 Å². The Labute approximate surface area is 874 Å². The summed E-state index contributed by atoms with van der Waals surface area (Å²) in [6.07, 6.45) is 6.83. The smallest absolute Gasteiger partial charge is 0.410 e. The highest BCUT2D eigenvalue weighted by atomic mass is 16.6. The van der Waals surface area contributed by atoms with Gasteiger partial charge in [0.15, 0.2) is 18.3 Å². The summed E-state index contributed by atoms with van der Waals surface area (Å²) in [6, 6.07) is 21.5. The fraction of sp³-hybridized carbons (Fsp3) is 0.626. The minimum atomic E-state index is -1.52. The summed E-state index contributed by atoms with van der Waals surface area (Å²) < 4.78 is 37.4. The van der Waals surface area contributed by atoms with Crippen LogP contribution in [0.4, 0.5) is 33.6 Å². The van der Waals surface area contributed by atoms with E-state index in [1.165, 1.54) is 53.4 Å². The molecule has 4 aromatic carbocycles. The first-order valence-corrected chi connectivity index (χ1v) is 53.0. The van der Waals surface area contributed by atoms with Gasteiger partial charge < -0.3 is 136 Å². The van der Waals surface area contributed by atoms with Gasteiger partial charge in [-0.1, -0.05) is 177 Å². The van der Waals surface area contributed by atoms with E-state index in [0.29, 0.717) is 117 Å². The summed E-state index contributed by atoms with van der Waals surface area (Å²) in [4.78, 5) is 216. The van der Waals surface area contributed by atoms with Gasteiger partial charge in [-0.2, -0.15) is 0 Å². The number of ether oxygens (including phenoxy) is 7. The van der Waals surface area contributed by atoms with Crippen molar-refractivity contribution < 1.29 is 130 Å². The fourth-order valence-electron chi connectivity index (χ4n) is 20.5. The lowest BCUT2D eigenvalue weighted by atomic mass is 9.82. The maximum absolute atomic E-state index is 14.3.